The van der Waals surface area contributed by atoms with Gasteiger partial charge < -0.3 is 16.3 Å². The average Bonchev–Trinajstić information content (AvgIpc) is 3.22. The summed E-state index contributed by atoms with van der Waals surface area (Å²) in [5.41, 5.74) is 5.95. The van der Waals surface area contributed by atoms with Crippen LogP contribution in [0, 0.1) is 5.92 Å². The van der Waals surface area contributed by atoms with E-state index in [0.29, 0.717) is 15.1 Å². The van der Waals surface area contributed by atoms with Gasteiger partial charge in [0.2, 0.25) is 0 Å². The number of nitrogens with zero attached hydrogens (tertiary/aromatic N) is 1. The normalized spacial score (nSPS) is 17.1. The number of amides is 1. The third-order valence-corrected chi connectivity index (χ3v) is 4.31. The van der Waals surface area contributed by atoms with Gasteiger partial charge in [0.05, 0.1) is 16.6 Å². The van der Waals surface area contributed by atoms with E-state index in [4.69, 9.17) is 22.5 Å². The number of carbonyl (C=O) groups is 1. The number of benzene rings is 1. The lowest BCUT2D eigenvalue weighted by atomic mass is 10.1. The molecule has 19 heavy (non-hydrogen) atoms. The Morgan fingerprint density at radius 1 is 1.58 bits per heavy atom. The second-order valence-corrected chi connectivity index (χ2v) is 5.65. The van der Waals surface area contributed by atoms with Crippen LogP contribution in [0.2, 0.25) is 5.02 Å². The van der Waals surface area contributed by atoms with Crippen LogP contribution in [0.4, 0.5) is 0 Å². The largest absolute Gasteiger partial charge is 0.409 e. The third kappa shape index (κ3) is 3.19. The first-order valence-electron chi connectivity index (χ1n) is 5.77. The number of carbonyl (C=O) groups excluding carboxylic acids is 1. The second kappa shape index (κ2) is 5.79. The molecule has 0 radical (unpaired) electrons. The van der Waals surface area contributed by atoms with Gasteiger partial charge in [-0.15, -0.1) is 0 Å². The molecule has 0 aliphatic heterocycles. The van der Waals surface area contributed by atoms with Crippen LogP contribution in [0.5, 0.6) is 0 Å². The van der Waals surface area contributed by atoms with Crippen molar-refractivity contribution >= 4 is 39.3 Å². The first-order valence-corrected chi connectivity index (χ1v) is 6.94. The van der Waals surface area contributed by atoms with Gasteiger partial charge >= 0.3 is 0 Å². The van der Waals surface area contributed by atoms with Gasteiger partial charge in [-0.3, -0.25) is 4.79 Å². The lowest BCUT2D eigenvalue weighted by Gasteiger charge is -2.17. The molecule has 1 fully saturated rings. The number of rotatable bonds is 4. The minimum absolute atomic E-state index is 0.0157. The summed E-state index contributed by atoms with van der Waals surface area (Å²) >= 11 is 9.33. The molecule has 1 aliphatic rings. The van der Waals surface area contributed by atoms with Crippen LogP contribution in [0.15, 0.2) is 27.8 Å². The van der Waals surface area contributed by atoms with Gasteiger partial charge in [0.15, 0.2) is 5.84 Å². The molecule has 7 heteroatoms. The minimum atomic E-state index is -0.451. The highest BCUT2D eigenvalue weighted by Crippen LogP contribution is 2.33. The van der Waals surface area contributed by atoms with E-state index in [1.165, 1.54) is 0 Å². The fraction of sp³-hybridized carbons (Fsp3) is 0.333. The van der Waals surface area contributed by atoms with Crippen molar-refractivity contribution in [3.63, 3.8) is 0 Å². The predicted molar refractivity (Wildman–Crippen MR) is 76.5 cm³/mol. The Bertz CT molecular complexity index is 532. The molecule has 1 aromatic carbocycles. The van der Waals surface area contributed by atoms with Gasteiger partial charge in [-0.25, -0.2) is 0 Å². The Morgan fingerprint density at radius 2 is 2.26 bits per heavy atom. The number of nitrogens with one attached hydrogen (secondary N) is 1. The first kappa shape index (κ1) is 14.1. The highest BCUT2D eigenvalue weighted by molar-refractivity contribution is 9.10. The molecule has 1 aliphatic carbocycles. The molecule has 4 N–H and O–H groups in total. The molecule has 0 spiro atoms. The Morgan fingerprint density at radius 3 is 2.84 bits per heavy atom. The van der Waals surface area contributed by atoms with Gasteiger partial charge in [-0.2, -0.15) is 0 Å². The van der Waals surface area contributed by atoms with E-state index in [2.05, 4.69) is 26.4 Å². The number of hydrogen-bond donors (Lipinski definition) is 3. The number of amidine groups is 1. The van der Waals surface area contributed by atoms with Crippen LogP contribution in [0.25, 0.3) is 0 Å². The number of halogens is 2. The molecule has 0 heterocycles. The van der Waals surface area contributed by atoms with Crippen molar-refractivity contribution in [2.24, 2.45) is 16.8 Å². The van der Waals surface area contributed by atoms with E-state index in [0.717, 1.165) is 12.8 Å². The lowest BCUT2D eigenvalue weighted by molar-refractivity contribution is 0.0943. The van der Waals surface area contributed by atoms with Crippen molar-refractivity contribution in [2.75, 3.05) is 0 Å². The SMILES string of the molecule is N/C(=N/O)C(NC(=O)c1cccc(Br)c1Cl)C1CC1. The zero-order valence-corrected chi connectivity index (χ0v) is 12.3. The van der Waals surface area contributed by atoms with E-state index < -0.39 is 6.04 Å². The van der Waals surface area contributed by atoms with Crippen LogP contribution in [-0.4, -0.2) is 23.0 Å². The quantitative estimate of drug-likeness (QED) is 0.338. The number of oxime groups is 1. The zero-order valence-electron chi connectivity index (χ0n) is 9.94. The summed E-state index contributed by atoms with van der Waals surface area (Å²) in [5.74, 6) is -0.0949. The van der Waals surface area contributed by atoms with Crippen molar-refractivity contribution in [3.05, 3.63) is 33.3 Å². The van der Waals surface area contributed by atoms with Crippen LogP contribution < -0.4 is 11.1 Å². The Balaban J connectivity index is 2.17. The second-order valence-electron chi connectivity index (χ2n) is 4.41. The highest BCUT2D eigenvalue weighted by atomic mass is 79.9. The lowest BCUT2D eigenvalue weighted by Crippen LogP contribution is -2.46. The van der Waals surface area contributed by atoms with E-state index >= 15 is 0 Å². The van der Waals surface area contributed by atoms with Crippen LogP contribution in [0.1, 0.15) is 23.2 Å². The molecule has 0 aromatic heterocycles. The molecule has 1 atom stereocenters. The predicted octanol–water partition coefficient (Wildman–Crippen LogP) is 2.36. The van der Waals surface area contributed by atoms with Gasteiger partial charge in [-0.05, 0) is 46.8 Å². The standard InChI is InChI=1S/C12H13BrClN3O2/c13-8-3-1-2-7(9(8)14)12(18)16-10(6-4-5-6)11(15)17-19/h1-3,6,10,19H,4-5H2,(H2,15,17)(H,16,18). The summed E-state index contributed by atoms with van der Waals surface area (Å²) in [7, 11) is 0. The summed E-state index contributed by atoms with van der Waals surface area (Å²) in [5, 5.41) is 14.8. The first-order chi connectivity index (χ1) is 9.04. The summed E-state index contributed by atoms with van der Waals surface area (Å²) in [6.07, 6.45) is 1.90. The topological polar surface area (TPSA) is 87.7 Å². The number of nitrogens with two attached hydrogens (primary N) is 1. The maximum absolute atomic E-state index is 12.2. The summed E-state index contributed by atoms with van der Waals surface area (Å²) in [6.45, 7) is 0. The maximum Gasteiger partial charge on any atom is 0.253 e. The van der Waals surface area contributed by atoms with E-state index in [1.54, 1.807) is 18.2 Å². The maximum atomic E-state index is 12.2. The van der Waals surface area contributed by atoms with E-state index in [-0.39, 0.29) is 17.7 Å². The molecule has 1 amide bonds. The fourth-order valence-corrected chi connectivity index (χ4v) is 2.40. The van der Waals surface area contributed by atoms with Crippen molar-refractivity contribution in [3.8, 4) is 0 Å². The monoisotopic (exact) mass is 345 g/mol. The molecular weight excluding hydrogens is 334 g/mol. The van der Waals surface area contributed by atoms with Crippen LogP contribution >= 0.6 is 27.5 Å². The van der Waals surface area contributed by atoms with Crippen molar-refractivity contribution in [1.29, 1.82) is 0 Å². The summed E-state index contributed by atoms with van der Waals surface area (Å²) < 4.78 is 0.647. The molecule has 1 saturated carbocycles. The Kier molecular flexibility index (Phi) is 4.31. The molecule has 102 valence electrons. The molecule has 1 unspecified atom stereocenters. The van der Waals surface area contributed by atoms with Crippen molar-refractivity contribution in [1.82, 2.24) is 5.32 Å². The summed E-state index contributed by atoms with van der Waals surface area (Å²) in [4.78, 5) is 12.2. The molecule has 5 nitrogen and oxygen atoms in total. The van der Waals surface area contributed by atoms with Gasteiger partial charge in [0.25, 0.3) is 5.91 Å². The number of hydrogen-bond acceptors (Lipinski definition) is 3. The van der Waals surface area contributed by atoms with E-state index in [9.17, 15) is 4.79 Å². The highest BCUT2D eigenvalue weighted by Gasteiger charge is 2.35. The molecule has 0 saturated heterocycles. The van der Waals surface area contributed by atoms with Gasteiger partial charge in [-0.1, -0.05) is 22.8 Å². The molecule has 1 aromatic rings. The zero-order chi connectivity index (χ0) is 14.0. The van der Waals surface area contributed by atoms with Crippen LogP contribution in [0.3, 0.4) is 0 Å². The summed E-state index contributed by atoms with van der Waals surface area (Å²) in [6, 6.07) is 4.65. The van der Waals surface area contributed by atoms with Crippen molar-refractivity contribution < 1.29 is 10.0 Å². The van der Waals surface area contributed by atoms with Crippen molar-refractivity contribution in [2.45, 2.75) is 18.9 Å². The minimum Gasteiger partial charge on any atom is -0.409 e. The smallest absolute Gasteiger partial charge is 0.253 e. The Labute approximate surface area is 123 Å². The Hall–Kier alpha value is -1.27. The molecule has 0 bridgehead atoms. The van der Waals surface area contributed by atoms with Gasteiger partial charge in [0.1, 0.15) is 0 Å². The molecular formula is C12H13BrClN3O2. The third-order valence-electron chi connectivity index (χ3n) is 3.01. The molecule has 2 rings (SSSR count). The fourth-order valence-electron chi connectivity index (χ4n) is 1.82. The van der Waals surface area contributed by atoms with E-state index in [1.807, 2.05) is 0 Å². The average molecular weight is 347 g/mol. The van der Waals surface area contributed by atoms with Gasteiger partial charge in [0, 0.05) is 4.47 Å². The van der Waals surface area contributed by atoms with Crippen LogP contribution in [-0.2, 0) is 0 Å².